The Labute approximate surface area is 204 Å². The summed E-state index contributed by atoms with van der Waals surface area (Å²) in [6.45, 7) is 15.0. The number of rotatable bonds is 2. The van der Waals surface area contributed by atoms with Gasteiger partial charge in [0.1, 0.15) is 0 Å². The van der Waals surface area contributed by atoms with Crippen LogP contribution in [-0.4, -0.2) is 12.1 Å². The molecule has 2 unspecified atom stereocenters. The van der Waals surface area contributed by atoms with E-state index in [4.69, 9.17) is 0 Å². The van der Waals surface area contributed by atoms with Gasteiger partial charge in [-0.3, -0.25) is 0 Å². The quantitative estimate of drug-likeness (QED) is 0.282. The zero-order valence-corrected chi connectivity index (χ0v) is 27.6. The van der Waals surface area contributed by atoms with Gasteiger partial charge in [0.2, 0.25) is 0 Å². The largest absolute Gasteiger partial charge is 0.147 e. The Morgan fingerprint density at radius 1 is 0.767 bits per heavy atom. The van der Waals surface area contributed by atoms with Crippen LogP contribution in [0.3, 0.4) is 0 Å². The molecule has 4 aliphatic rings. The molecule has 0 aromatic rings. The average Bonchev–Trinajstić information content (AvgIpc) is 3.06. The fraction of sp³-hybridized carbons (Fsp3) is 0.692. The van der Waals surface area contributed by atoms with Crippen molar-refractivity contribution >= 4 is 37.0 Å². The van der Waals surface area contributed by atoms with Crippen molar-refractivity contribution in [1.82, 2.24) is 0 Å². The molecule has 4 rings (SSSR count). The molecule has 0 spiro atoms. The Morgan fingerprint density at radius 3 is 1.43 bits per heavy atom. The molecule has 0 N–H and O–H groups in total. The molecule has 170 valence electrons. The summed E-state index contributed by atoms with van der Waals surface area (Å²) in [5, 5.41) is 0. The molecule has 0 aromatic carbocycles. The summed E-state index contributed by atoms with van der Waals surface area (Å²) >= 11 is -1.49. The second-order valence-electron chi connectivity index (χ2n) is 12.9. The van der Waals surface area contributed by atoms with Gasteiger partial charge in [0.05, 0.1) is 0 Å². The molecule has 2 atom stereocenters. The molecule has 0 aliphatic heterocycles. The van der Waals surface area contributed by atoms with Crippen LogP contribution in [0.4, 0.5) is 0 Å². The number of hydrogen-bond acceptors (Lipinski definition) is 0. The van der Waals surface area contributed by atoms with Crippen LogP contribution in [0.2, 0.25) is 16.5 Å². The maximum absolute atomic E-state index is 3.05. The molecule has 0 fully saturated rings. The van der Waals surface area contributed by atoms with Gasteiger partial charge in [-0.2, -0.15) is 0 Å². The molecule has 0 radical (unpaired) electrons. The van der Waals surface area contributed by atoms with Crippen molar-refractivity contribution < 1.29 is 15.7 Å². The van der Waals surface area contributed by atoms with Gasteiger partial charge in [-0.15, -0.1) is 24.8 Å². The van der Waals surface area contributed by atoms with Crippen molar-refractivity contribution in [2.24, 2.45) is 10.8 Å². The van der Waals surface area contributed by atoms with Crippen molar-refractivity contribution in [3.8, 4) is 0 Å². The van der Waals surface area contributed by atoms with Crippen LogP contribution in [0.1, 0.15) is 80.1 Å². The molecular weight excluding hydrogens is 547 g/mol. The molecule has 4 aliphatic carbocycles. The van der Waals surface area contributed by atoms with Crippen molar-refractivity contribution in [2.45, 2.75) is 96.6 Å². The molecule has 0 aromatic heterocycles. The Kier molecular flexibility index (Phi) is 7.55. The molecule has 0 heterocycles. The van der Waals surface area contributed by atoms with Crippen LogP contribution < -0.4 is 0 Å². The minimum Gasteiger partial charge on any atom is -0.147 e. The third kappa shape index (κ3) is 4.03. The van der Waals surface area contributed by atoms with Crippen LogP contribution in [0.5, 0.6) is 0 Å². The third-order valence-electron chi connectivity index (χ3n) is 8.89. The molecule has 30 heavy (non-hydrogen) atoms. The minimum atomic E-state index is -3.05. The SMILES string of the molecule is CC1=CC2=C(CCCC2(C)C)[CH]1[Zr]([CH3])([CH3])(=[GeH2])[CH]1C(C)=CC2=C1CCCC2(C)C.Cl.Cl. The van der Waals surface area contributed by atoms with E-state index in [0.29, 0.717) is 10.8 Å². The Balaban J connectivity index is 0.00000160. The zero-order valence-electron chi connectivity index (χ0n) is 20.6. The van der Waals surface area contributed by atoms with E-state index < -0.39 is 15.7 Å². The van der Waals surface area contributed by atoms with E-state index in [9.17, 15) is 0 Å². The number of allylic oxidation sites excluding steroid dienone is 8. The van der Waals surface area contributed by atoms with Gasteiger partial charge in [-0.05, 0) is 0 Å². The summed E-state index contributed by atoms with van der Waals surface area (Å²) in [7, 11) is 0. The van der Waals surface area contributed by atoms with Gasteiger partial charge in [-0.1, -0.05) is 0 Å². The fourth-order valence-electron chi connectivity index (χ4n) is 8.00. The van der Waals surface area contributed by atoms with E-state index in [-0.39, 0.29) is 24.8 Å². The van der Waals surface area contributed by atoms with Crippen LogP contribution in [0.25, 0.3) is 0 Å². The predicted octanol–water partition coefficient (Wildman–Crippen LogP) is 8.67. The second kappa shape index (κ2) is 8.32. The molecule has 0 amide bonds. The minimum absolute atomic E-state index is 0. The molecule has 4 heteroatoms. The van der Waals surface area contributed by atoms with E-state index >= 15 is 0 Å². The van der Waals surface area contributed by atoms with E-state index in [1.165, 1.54) is 38.5 Å². The van der Waals surface area contributed by atoms with Crippen molar-refractivity contribution in [2.75, 3.05) is 0 Å². The smallest absolute Gasteiger partial charge is 0.147 e. The molecule has 0 bridgehead atoms. The van der Waals surface area contributed by atoms with Crippen LogP contribution in [0.15, 0.2) is 45.6 Å². The molecule has 0 saturated carbocycles. The van der Waals surface area contributed by atoms with Gasteiger partial charge in [-0.25, -0.2) is 0 Å². The summed E-state index contributed by atoms with van der Waals surface area (Å²) in [6.07, 6.45) is 13.6. The van der Waals surface area contributed by atoms with Gasteiger partial charge in [0.25, 0.3) is 0 Å². The zero-order chi connectivity index (χ0) is 20.7. The maximum atomic E-state index is 2.86. The number of hydrogen-bond donors (Lipinski definition) is 0. The molecular formula is C26H44Cl2GeZr. The van der Waals surface area contributed by atoms with Crippen molar-refractivity contribution in [3.63, 3.8) is 0 Å². The standard InChI is InChI=1S/2C12H17.2CH3.2ClH.GeH2.Zr/c2*1-9-7-10-5-4-6-12(2,3)11(10)8-9;;;;;;/h2*7-8H,4-6H2,1-3H3;2*1H3;2*1H;1H2;. The third-order valence-corrected chi connectivity index (χ3v) is 32.3. The van der Waals surface area contributed by atoms with Crippen LogP contribution in [0, 0.1) is 10.8 Å². The molecule has 0 nitrogen and oxygen atoms in total. The Bertz CT molecular complexity index is 866. The van der Waals surface area contributed by atoms with Gasteiger partial charge in [0.15, 0.2) is 0 Å². The maximum Gasteiger partial charge on any atom is -0.147 e. The van der Waals surface area contributed by atoms with E-state index in [1.807, 2.05) is 11.1 Å². The van der Waals surface area contributed by atoms with Crippen molar-refractivity contribution in [3.05, 3.63) is 45.6 Å². The first-order valence-electron chi connectivity index (χ1n) is 11.7. The van der Waals surface area contributed by atoms with E-state index in [2.05, 4.69) is 63.0 Å². The normalized spacial score (nSPS) is 30.0. The van der Waals surface area contributed by atoms with Gasteiger partial charge in [0, 0.05) is 0 Å². The topological polar surface area (TPSA) is 0 Å². The predicted molar refractivity (Wildman–Crippen MR) is 139 cm³/mol. The first-order valence-corrected chi connectivity index (χ1v) is 29.9. The van der Waals surface area contributed by atoms with Crippen LogP contribution in [-0.2, 0) is 15.7 Å². The summed E-state index contributed by atoms with van der Waals surface area (Å²) in [6, 6.07) is 0. The van der Waals surface area contributed by atoms with E-state index in [1.54, 1.807) is 34.4 Å². The summed E-state index contributed by atoms with van der Waals surface area (Å²) < 4.78 is 7.39. The van der Waals surface area contributed by atoms with Gasteiger partial charge < -0.3 is 0 Å². The number of halogens is 2. The van der Waals surface area contributed by atoms with Gasteiger partial charge >= 0.3 is 181 Å². The monoisotopic (exact) mass is 590 g/mol. The molecule has 0 saturated heterocycles. The van der Waals surface area contributed by atoms with E-state index in [0.717, 1.165) is 7.25 Å². The van der Waals surface area contributed by atoms with Crippen molar-refractivity contribution in [1.29, 1.82) is 0 Å². The first-order chi connectivity index (χ1) is 12.7. The summed E-state index contributed by atoms with van der Waals surface area (Å²) in [5.41, 5.74) is 11.5. The summed E-state index contributed by atoms with van der Waals surface area (Å²) in [4.78, 5) is 0. The summed E-state index contributed by atoms with van der Waals surface area (Å²) in [5.74, 6) is 0. The Morgan fingerprint density at radius 2 is 1.10 bits per heavy atom. The fourth-order valence-corrected chi connectivity index (χ4v) is 37.8. The Hall–Kier alpha value is 0.966. The average molecular weight is 591 g/mol. The van der Waals surface area contributed by atoms with Crippen LogP contribution >= 0.6 is 24.8 Å². The first kappa shape index (κ1) is 27.2. The second-order valence-corrected chi connectivity index (χ2v) is 57.9.